The average Bonchev–Trinajstić information content (AvgIpc) is 2.69. The topological polar surface area (TPSA) is 105 Å². The highest BCUT2D eigenvalue weighted by molar-refractivity contribution is 5.82. The van der Waals surface area contributed by atoms with Gasteiger partial charge in [-0.05, 0) is 51.9 Å². The number of methoxy groups -OCH3 is 1. The minimum absolute atomic E-state index is 0.0511. The van der Waals surface area contributed by atoms with Crippen LogP contribution >= 0.6 is 0 Å². The normalized spacial score (nSPS) is 11.6. The third-order valence-electron chi connectivity index (χ3n) is 4.45. The fraction of sp³-hybridized carbons (Fsp3) is 0.400. The van der Waals surface area contributed by atoms with Crippen LogP contribution in [0.1, 0.15) is 34.4 Å². The van der Waals surface area contributed by atoms with Gasteiger partial charge in [-0.2, -0.15) is 0 Å². The number of nitrogens with zero attached hydrogens (tertiary/aromatic N) is 2. The van der Waals surface area contributed by atoms with Crippen LogP contribution in [0.2, 0.25) is 0 Å². The number of aldehydes is 1. The van der Waals surface area contributed by atoms with Crippen molar-refractivity contribution in [2.75, 3.05) is 26.0 Å². The van der Waals surface area contributed by atoms with Crippen LogP contribution in [-0.4, -0.2) is 48.9 Å². The van der Waals surface area contributed by atoms with Crippen molar-refractivity contribution in [2.45, 2.75) is 33.2 Å². The maximum atomic E-state index is 11.9. The zero-order valence-electron chi connectivity index (χ0n) is 16.9. The molecule has 0 aliphatic rings. The molecule has 0 aliphatic heterocycles. The molecule has 8 heteroatoms. The van der Waals surface area contributed by atoms with Crippen molar-refractivity contribution < 1.29 is 14.3 Å². The van der Waals surface area contributed by atoms with Gasteiger partial charge in [0.25, 0.3) is 0 Å². The first-order chi connectivity index (χ1) is 13.4. The largest absolute Gasteiger partial charge is 0.497 e. The van der Waals surface area contributed by atoms with Gasteiger partial charge in [-0.15, -0.1) is 0 Å². The molecule has 1 heterocycles. The summed E-state index contributed by atoms with van der Waals surface area (Å²) in [4.78, 5) is 31.9. The maximum absolute atomic E-state index is 11.9. The van der Waals surface area contributed by atoms with E-state index in [4.69, 9.17) is 4.74 Å². The predicted molar refractivity (Wildman–Crippen MR) is 108 cm³/mol. The Morgan fingerprint density at radius 2 is 1.93 bits per heavy atom. The van der Waals surface area contributed by atoms with Gasteiger partial charge in [-0.1, -0.05) is 0 Å². The Balaban J connectivity index is 2.18. The molecule has 0 saturated carbocycles. The third-order valence-corrected chi connectivity index (χ3v) is 4.45. The van der Waals surface area contributed by atoms with Crippen molar-refractivity contribution in [3.05, 3.63) is 40.8 Å². The lowest BCUT2D eigenvalue weighted by Gasteiger charge is -2.14. The van der Waals surface area contributed by atoms with Crippen molar-refractivity contribution in [2.24, 2.45) is 0 Å². The van der Waals surface area contributed by atoms with E-state index in [1.807, 2.05) is 32.0 Å². The summed E-state index contributed by atoms with van der Waals surface area (Å²) in [6.07, 6.45) is 1.31. The zero-order valence-corrected chi connectivity index (χ0v) is 16.9. The summed E-state index contributed by atoms with van der Waals surface area (Å²) in [5, 5.41) is 8.94. The summed E-state index contributed by atoms with van der Waals surface area (Å²) in [7, 11) is 3.33. The van der Waals surface area contributed by atoms with Gasteiger partial charge in [0.1, 0.15) is 11.4 Å². The lowest BCUT2D eigenvalue weighted by molar-refractivity contribution is -0.122. The van der Waals surface area contributed by atoms with Crippen LogP contribution in [0.15, 0.2) is 18.2 Å². The molecule has 1 aromatic heterocycles. The molecule has 0 aliphatic carbocycles. The van der Waals surface area contributed by atoms with Gasteiger partial charge in [0.05, 0.1) is 24.5 Å². The second kappa shape index (κ2) is 9.80. The number of anilines is 2. The molecular formula is C20H27N5O3. The second-order valence-electron chi connectivity index (χ2n) is 6.49. The summed E-state index contributed by atoms with van der Waals surface area (Å²) >= 11 is 0. The summed E-state index contributed by atoms with van der Waals surface area (Å²) in [6, 6.07) is 5.41. The van der Waals surface area contributed by atoms with Crippen LogP contribution in [0.4, 0.5) is 11.5 Å². The molecule has 1 atom stereocenters. The van der Waals surface area contributed by atoms with Gasteiger partial charge in [-0.25, -0.2) is 9.97 Å². The van der Waals surface area contributed by atoms with Crippen LogP contribution in [0.3, 0.4) is 0 Å². The van der Waals surface area contributed by atoms with E-state index in [0.717, 1.165) is 16.9 Å². The smallest absolute Gasteiger partial charge is 0.236 e. The van der Waals surface area contributed by atoms with Gasteiger partial charge >= 0.3 is 0 Å². The Labute approximate surface area is 165 Å². The van der Waals surface area contributed by atoms with E-state index in [-0.39, 0.29) is 17.6 Å². The summed E-state index contributed by atoms with van der Waals surface area (Å²) in [5.41, 5.74) is 3.41. The number of aromatic nitrogens is 2. The van der Waals surface area contributed by atoms with Crippen LogP contribution in [0.25, 0.3) is 0 Å². The number of likely N-dealkylation sites (N-methyl/N-ethyl adjacent to an activating group) is 1. The van der Waals surface area contributed by atoms with E-state index in [1.165, 1.54) is 0 Å². The van der Waals surface area contributed by atoms with E-state index < -0.39 is 0 Å². The first kappa shape index (κ1) is 21.3. The molecule has 28 heavy (non-hydrogen) atoms. The molecule has 0 fully saturated rings. The number of rotatable bonds is 9. The number of amides is 1. The number of hydrogen-bond donors (Lipinski definition) is 3. The van der Waals surface area contributed by atoms with E-state index in [1.54, 1.807) is 21.1 Å². The Bertz CT molecular complexity index is 854. The maximum Gasteiger partial charge on any atom is 0.236 e. The SMILES string of the molecule is CNC(C)C(=O)NCCc1cc(Nc2nc(C)c(C)nc2C=O)cc(OC)c1. The zero-order chi connectivity index (χ0) is 20.7. The molecule has 2 aromatic rings. The van der Waals surface area contributed by atoms with E-state index in [9.17, 15) is 9.59 Å². The standard InChI is InChI=1S/C20H27N5O3/c1-12-13(2)24-19(18(11-26)23-12)25-16-8-15(9-17(10-16)28-5)6-7-22-20(27)14(3)21-4/h8-11,14,21H,6-7H2,1-5H3,(H,22,27)(H,24,25). The lowest BCUT2D eigenvalue weighted by Crippen LogP contribution is -2.41. The lowest BCUT2D eigenvalue weighted by atomic mass is 10.1. The molecule has 0 saturated heterocycles. The number of benzene rings is 1. The Morgan fingerprint density at radius 1 is 1.21 bits per heavy atom. The number of hydrogen-bond acceptors (Lipinski definition) is 7. The minimum atomic E-state index is -0.243. The highest BCUT2D eigenvalue weighted by Crippen LogP contribution is 2.25. The van der Waals surface area contributed by atoms with Gasteiger partial charge in [0, 0.05) is 18.3 Å². The molecule has 150 valence electrons. The molecule has 1 aromatic carbocycles. The Kier molecular flexibility index (Phi) is 7.45. The van der Waals surface area contributed by atoms with Crippen molar-refractivity contribution in [3.63, 3.8) is 0 Å². The van der Waals surface area contributed by atoms with Crippen LogP contribution < -0.4 is 20.7 Å². The Hall–Kier alpha value is -3.00. The van der Waals surface area contributed by atoms with Crippen LogP contribution in [0.5, 0.6) is 5.75 Å². The number of carbonyl (C=O) groups excluding carboxylic acids is 2. The number of ether oxygens (including phenoxy) is 1. The molecule has 0 radical (unpaired) electrons. The van der Waals surface area contributed by atoms with Crippen molar-refractivity contribution in [3.8, 4) is 5.75 Å². The fourth-order valence-electron chi connectivity index (χ4n) is 2.54. The van der Waals surface area contributed by atoms with Gasteiger partial charge < -0.3 is 20.7 Å². The monoisotopic (exact) mass is 385 g/mol. The molecule has 1 amide bonds. The highest BCUT2D eigenvalue weighted by atomic mass is 16.5. The quantitative estimate of drug-likeness (QED) is 0.566. The van der Waals surface area contributed by atoms with E-state index in [0.29, 0.717) is 36.5 Å². The minimum Gasteiger partial charge on any atom is -0.497 e. The second-order valence-corrected chi connectivity index (χ2v) is 6.49. The highest BCUT2D eigenvalue weighted by Gasteiger charge is 2.11. The fourth-order valence-corrected chi connectivity index (χ4v) is 2.54. The third kappa shape index (κ3) is 5.50. The van der Waals surface area contributed by atoms with Gasteiger partial charge in [0.15, 0.2) is 12.1 Å². The average molecular weight is 385 g/mol. The Morgan fingerprint density at radius 3 is 2.57 bits per heavy atom. The molecule has 1 unspecified atom stereocenters. The molecule has 8 nitrogen and oxygen atoms in total. The number of nitrogens with one attached hydrogen (secondary N) is 3. The van der Waals surface area contributed by atoms with E-state index in [2.05, 4.69) is 25.9 Å². The summed E-state index contributed by atoms with van der Waals surface area (Å²) < 4.78 is 5.37. The van der Waals surface area contributed by atoms with Crippen molar-refractivity contribution >= 4 is 23.7 Å². The summed E-state index contributed by atoms with van der Waals surface area (Å²) in [5.74, 6) is 1.01. The first-order valence-corrected chi connectivity index (χ1v) is 9.08. The molecule has 2 rings (SSSR count). The van der Waals surface area contributed by atoms with Crippen LogP contribution in [0, 0.1) is 13.8 Å². The predicted octanol–water partition coefficient (Wildman–Crippen LogP) is 1.92. The molecular weight excluding hydrogens is 358 g/mol. The summed E-state index contributed by atoms with van der Waals surface area (Å²) in [6.45, 7) is 5.96. The molecule has 0 bridgehead atoms. The molecule has 0 spiro atoms. The first-order valence-electron chi connectivity index (χ1n) is 9.08. The van der Waals surface area contributed by atoms with Gasteiger partial charge in [0.2, 0.25) is 5.91 Å². The van der Waals surface area contributed by atoms with Crippen LogP contribution in [-0.2, 0) is 11.2 Å². The van der Waals surface area contributed by atoms with Gasteiger partial charge in [-0.3, -0.25) is 9.59 Å². The number of aryl methyl sites for hydroxylation is 2. The van der Waals surface area contributed by atoms with E-state index >= 15 is 0 Å². The van der Waals surface area contributed by atoms with Crippen molar-refractivity contribution in [1.29, 1.82) is 0 Å². The van der Waals surface area contributed by atoms with Crippen molar-refractivity contribution in [1.82, 2.24) is 20.6 Å². The number of carbonyl (C=O) groups is 2. The molecule has 3 N–H and O–H groups in total.